The van der Waals surface area contributed by atoms with E-state index in [9.17, 15) is 9.18 Å². The van der Waals surface area contributed by atoms with Crippen LogP contribution in [0.3, 0.4) is 0 Å². The van der Waals surface area contributed by atoms with Gasteiger partial charge in [-0.2, -0.15) is 0 Å². The Morgan fingerprint density at radius 2 is 1.75 bits per heavy atom. The van der Waals surface area contributed by atoms with E-state index in [0.29, 0.717) is 40.9 Å². The zero-order chi connectivity index (χ0) is 22.3. The van der Waals surface area contributed by atoms with E-state index in [0.717, 1.165) is 11.1 Å². The van der Waals surface area contributed by atoms with Crippen molar-refractivity contribution in [2.45, 2.75) is 6.42 Å². The second-order valence-electron chi connectivity index (χ2n) is 7.01. The molecule has 3 aromatic carbocycles. The van der Waals surface area contributed by atoms with Crippen molar-refractivity contribution in [1.29, 1.82) is 0 Å². The van der Waals surface area contributed by atoms with Crippen LogP contribution in [0.2, 0.25) is 5.02 Å². The van der Waals surface area contributed by atoms with Crippen molar-refractivity contribution in [3.63, 3.8) is 0 Å². The quantitative estimate of drug-likeness (QED) is 0.394. The van der Waals surface area contributed by atoms with Gasteiger partial charge in [-0.3, -0.25) is 4.79 Å². The van der Waals surface area contributed by atoms with E-state index < -0.39 is 0 Å². The minimum absolute atomic E-state index is 0.195. The van der Waals surface area contributed by atoms with Gasteiger partial charge in [0.1, 0.15) is 17.9 Å². The molecule has 0 bridgehead atoms. The molecule has 1 aromatic heterocycles. The molecule has 1 N–H and O–H groups in total. The number of hydrogen-bond donors (Lipinski definition) is 1. The highest BCUT2D eigenvalue weighted by atomic mass is 35.5. The van der Waals surface area contributed by atoms with E-state index in [4.69, 9.17) is 16.3 Å². The van der Waals surface area contributed by atoms with Crippen molar-refractivity contribution in [2.75, 3.05) is 6.54 Å². The van der Waals surface area contributed by atoms with Gasteiger partial charge in [-0.05, 0) is 66.6 Å². The van der Waals surface area contributed by atoms with Gasteiger partial charge in [0, 0.05) is 28.8 Å². The predicted molar refractivity (Wildman–Crippen MR) is 121 cm³/mol. The fraction of sp³-hybridized carbons (Fsp3) is 0.0800. The zero-order valence-corrected chi connectivity index (χ0v) is 17.7. The summed E-state index contributed by atoms with van der Waals surface area (Å²) in [4.78, 5) is 20.8. The average molecular weight is 448 g/mol. The predicted octanol–water partition coefficient (Wildman–Crippen LogP) is 5.70. The van der Waals surface area contributed by atoms with Crippen LogP contribution in [0.1, 0.15) is 15.9 Å². The first kappa shape index (κ1) is 21.5. The monoisotopic (exact) mass is 447 g/mol. The van der Waals surface area contributed by atoms with Crippen molar-refractivity contribution >= 4 is 17.5 Å². The molecule has 5 nitrogen and oxygen atoms in total. The standard InChI is InChI=1S/C25H19ClFN3O2/c26-20-8-4-17(5-9-20)12-13-28-25(31)19-2-1-3-22(14-19)32-24-15-23(29-16-30-24)18-6-10-21(27)11-7-18/h1-11,14-16H,12-13H2,(H,28,31). The van der Waals surface area contributed by atoms with Gasteiger partial charge >= 0.3 is 0 Å². The smallest absolute Gasteiger partial charge is 0.251 e. The number of hydrogen-bond acceptors (Lipinski definition) is 4. The molecular formula is C25H19ClFN3O2. The molecule has 0 aliphatic rings. The molecule has 0 unspecified atom stereocenters. The van der Waals surface area contributed by atoms with Gasteiger partial charge in [-0.25, -0.2) is 14.4 Å². The van der Waals surface area contributed by atoms with E-state index in [1.54, 1.807) is 42.5 Å². The van der Waals surface area contributed by atoms with E-state index in [1.807, 2.05) is 24.3 Å². The third-order valence-corrected chi connectivity index (χ3v) is 4.97. The summed E-state index contributed by atoms with van der Waals surface area (Å²) in [7, 11) is 0. The molecule has 7 heteroatoms. The van der Waals surface area contributed by atoms with Crippen LogP contribution in [0, 0.1) is 5.82 Å². The highest BCUT2D eigenvalue weighted by Gasteiger charge is 2.09. The number of ether oxygens (including phenoxy) is 1. The van der Waals surface area contributed by atoms with Crippen LogP contribution in [0.25, 0.3) is 11.3 Å². The number of rotatable bonds is 7. The largest absolute Gasteiger partial charge is 0.439 e. The number of halogens is 2. The lowest BCUT2D eigenvalue weighted by atomic mass is 10.1. The minimum Gasteiger partial charge on any atom is -0.439 e. The molecule has 0 aliphatic carbocycles. The number of nitrogens with zero attached hydrogens (tertiary/aromatic N) is 2. The Bertz CT molecular complexity index is 1210. The number of carbonyl (C=O) groups excluding carboxylic acids is 1. The minimum atomic E-state index is -0.317. The zero-order valence-electron chi connectivity index (χ0n) is 17.0. The maximum Gasteiger partial charge on any atom is 0.251 e. The first-order chi connectivity index (χ1) is 15.6. The molecular weight excluding hydrogens is 429 g/mol. The normalized spacial score (nSPS) is 10.6. The molecule has 0 saturated carbocycles. The number of amides is 1. The fourth-order valence-corrected chi connectivity index (χ4v) is 3.19. The molecule has 1 heterocycles. The van der Waals surface area contributed by atoms with Gasteiger partial charge in [-0.15, -0.1) is 0 Å². The van der Waals surface area contributed by atoms with Crippen LogP contribution in [0.15, 0.2) is 85.2 Å². The van der Waals surface area contributed by atoms with Crippen molar-refractivity contribution < 1.29 is 13.9 Å². The van der Waals surface area contributed by atoms with Gasteiger partial charge in [0.15, 0.2) is 0 Å². The maximum atomic E-state index is 13.2. The fourth-order valence-electron chi connectivity index (χ4n) is 3.07. The molecule has 4 rings (SSSR count). The molecule has 32 heavy (non-hydrogen) atoms. The third-order valence-electron chi connectivity index (χ3n) is 4.71. The van der Waals surface area contributed by atoms with Crippen molar-refractivity contribution in [1.82, 2.24) is 15.3 Å². The SMILES string of the molecule is O=C(NCCc1ccc(Cl)cc1)c1cccc(Oc2cc(-c3ccc(F)cc3)ncn2)c1. The molecule has 0 aliphatic heterocycles. The second kappa shape index (κ2) is 10.0. The lowest BCUT2D eigenvalue weighted by Crippen LogP contribution is -2.25. The lowest BCUT2D eigenvalue weighted by Gasteiger charge is -2.09. The summed E-state index contributed by atoms with van der Waals surface area (Å²) in [5.74, 6) is 0.278. The Hall–Kier alpha value is -3.77. The first-order valence-corrected chi connectivity index (χ1v) is 10.3. The number of aromatic nitrogens is 2. The summed E-state index contributed by atoms with van der Waals surface area (Å²) in [5.41, 5.74) is 2.91. The number of benzene rings is 3. The maximum absolute atomic E-state index is 13.2. The molecule has 0 radical (unpaired) electrons. The molecule has 4 aromatic rings. The Balaban J connectivity index is 1.39. The van der Waals surface area contributed by atoms with Crippen LogP contribution >= 0.6 is 11.6 Å². The van der Waals surface area contributed by atoms with Crippen molar-refractivity contribution in [2.24, 2.45) is 0 Å². The van der Waals surface area contributed by atoms with Gasteiger partial charge in [0.2, 0.25) is 5.88 Å². The van der Waals surface area contributed by atoms with Gasteiger partial charge in [-0.1, -0.05) is 29.8 Å². The van der Waals surface area contributed by atoms with Gasteiger partial charge < -0.3 is 10.1 Å². The summed E-state index contributed by atoms with van der Waals surface area (Å²) in [5, 5.41) is 3.59. The summed E-state index contributed by atoms with van der Waals surface area (Å²) in [6.45, 7) is 0.499. The molecule has 1 amide bonds. The van der Waals surface area contributed by atoms with Crippen LogP contribution in [-0.4, -0.2) is 22.4 Å². The van der Waals surface area contributed by atoms with Gasteiger partial charge in [0.05, 0.1) is 5.69 Å². The molecule has 160 valence electrons. The van der Waals surface area contributed by atoms with E-state index in [2.05, 4.69) is 15.3 Å². The van der Waals surface area contributed by atoms with Crippen LogP contribution in [-0.2, 0) is 6.42 Å². The summed E-state index contributed by atoms with van der Waals surface area (Å²) >= 11 is 5.89. The highest BCUT2D eigenvalue weighted by Crippen LogP contribution is 2.24. The van der Waals surface area contributed by atoms with Gasteiger partial charge in [0.25, 0.3) is 5.91 Å². The Morgan fingerprint density at radius 1 is 0.969 bits per heavy atom. The Kier molecular flexibility index (Phi) is 6.72. The number of nitrogens with one attached hydrogen (secondary N) is 1. The van der Waals surface area contributed by atoms with Crippen LogP contribution < -0.4 is 10.1 Å². The van der Waals surface area contributed by atoms with Crippen molar-refractivity contribution in [3.05, 3.63) is 107 Å². The third kappa shape index (κ3) is 5.68. The van der Waals surface area contributed by atoms with Crippen LogP contribution in [0.5, 0.6) is 11.6 Å². The molecule has 0 fully saturated rings. The molecule has 0 spiro atoms. The summed E-state index contributed by atoms with van der Waals surface area (Å²) in [6.07, 6.45) is 2.08. The molecule has 0 atom stereocenters. The second-order valence-corrected chi connectivity index (χ2v) is 7.45. The first-order valence-electron chi connectivity index (χ1n) is 9.95. The topological polar surface area (TPSA) is 64.1 Å². The summed E-state index contributed by atoms with van der Waals surface area (Å²) in [6, 6.07) is 22.0. The molecule has 0 saturated heterocycles. The van der Waals surface area contributed by atoms with Crippen molar-refractivity contribution in [3.8, 4) is 22.9 Å². The Labute approximate surface area is 189 Å². The van der Waals surface area contributed by atoms with Crippen LogP contribution in [0.4, 0.5) is 4.39 Å². The lowest BCUT2D eigenvalue weighted by molar-refractivity contribution is 0.0954. The number of carbonyl (C=O) groups is 1. The average Bonchev–Trinajstić information content (AvgIpc) is 2.81. The van der Waals surface area contributed by atoms with E-state index >= 15 is 0 Å². The van der Waals surface area contributed by atoms with E-state index in [1.165, 1.54) is 18.5 Å². The summed E-state index contributed by atoms with van der Waals surface area (Å²) < 4.78 is 19.0. The van der Waals surface area contributed by atoms with E-state index in [-0.39, 0.29) is 11.7 Å². The highest BCUT2D eigenvalue weighted by molar-refractivity contribution is 6.30. The Morgan fingerprint density at radius 3 is 2.53 bits per heavy atom.